The van der Waals surface area contributed by atoms with Gasteiger partial charge in [0.1, 0.15) is 34.7 Å². The van der Waals surface area contributed by atoms with Crippen molar-refractivity contribution in [2.24, 2.45) is 5.92 Å². The third kappa shape index (κ3) is 7.68. The van der Waals surface area contributed by atoms with E-state index in [0.717, 1.165) is 47.8 Å². The standard InChI is InChI=1S/C42H56N6O8S/c1-39(2,3)46-38(52)44-31-12-10-8-6-7-9-11-26-22-42(26,37(51)47-57(53,54)40(4)19-20-40)45-35(49)32-23-41(24-48(32)36(31)50)18-17-28-29-21-27(55-5)15-16-30(29)43-33(25-13-14-25)34(28)56-41/h9,11,15-16,21,25-26,31-32H,6-8,10,12-14,17-20,22-24H2,1-5H3,(H,45,49)(H,47,51)(H2,44,46,52)/b11-9-/t26-,31-,32-,41+,42+/m0/s1. The van der Waals surface area contributed by atoms with Crippen molar-refractivity contribution in [1.29, 1.82) is 0 Å². The molecule has 1 aromatic heterocycles. The first-order valence-corrected chi connectivity index (χ1v) is 22.1. The number of amides is 5. The van der Waals surface area contributed by atoms with Crippen molar-refractivity contribution in [3.05, 3.63) is 41.6 Å². The number of aromatic nitrogens is 1. The summed E-state index contributed by atoms with van der Waals surface area (Å²) in [6.07, 6.45) is 11.6. The van der Waals surface area contributed by atoms with E-state index in [0.29, 0.717) is 56.4 Å². The number of carbonyl (C=O) groups is 4. The van der Waals surface area contributed by atoms with Gasteiger partial charge in [0.25, 0.3) is 5.91 Å². The number of rotatable bonds is 6. The van der Waals surface area contributed by atoms with Crippen molar-refractivity contribution in [2.45, 2.75) is 151 Å². The fourth-order valence-corrected chi connectivity index (χ4v) is 10.1. The molecule has 5 atom stereocenters. The van der Waals surface area contributed by atoms with Crippen LogP contribution in [0.15, 0.2) is 30.4 Å². The van der Waals surface area contributed by atoms with Crippen molar-refractivity contribution in [1.82, 2.24) is 30.6 Å². The molecule has 0 bridgehead atoms. The second kappa shape index (κ2) is 14.2. The van der Waals surface area contributed by atoms with Crippen LogP contribution in [0.3, 0.4) is 0 Å². The molecule has 1 saturated heterocycles. The van der Waals surface area contributed by atoms with Crippen LogP contribution in [0.2, 0.25) is 0 Å². The zero-order chi connectivity index (χ0) is 40.5. The molecule has 14 nitrogen and oxygen atoms in total. The summed E-state index contributed by atoms with van der Waals surface area (Å²) in [5.41, 5.74) is -0.241. The smallest absolute Gasteiger partial charge is 0.315 e. The molecule has 308 valence electrons. The number of methoxy groups -OCH3 is 1. The number of nitrogens with one attached hydrogen (secondary N) is 4. The molecule has 57 heavy (non-hydrogen) atoms. The Morgan fingerprint density at radius 3 is 2.53 bits per heavy atom. The molecule has 1 aromatic carbocycles. The number of hydrogen-bond donors (Lipinski definition) is 4. The number of urea groups is 1. The molecule has 0 unspecified atom stereocenters. The van der Waals surface area contributed by atoms with Gasteiger partial charge in [-0.15, -0.1) is 0 Å². The van der Waals surface area contributed by atoms with Gasteiger partial charge in [0, 0.05) is 34.7 Å². The molecule has 3 aliphatic heterocycles. The topological polar surface area (TPSA) is 185 Å². The lowest BCUT2D eigenvalue weighted by Crippen LogP contribution is -2.59. The Kier molecular flexibility index (Phi) is 9.79. The summed E-state index contributed by atoms with van der Waals surface area (Å²) >= 11 is 0. The van der Waals surface area contributed by atoms with Crippen LogP contribution in [0, 0.1) is 5.92 Å². The van der Waals surface area contributed by atoms with Crippen LogP contribution in [-0.4, -0.2) is 89.2 Å². The summed E-state index contributed by atoms with van der Waals surface area (Å²) in [6, 6.07) is 3.36. The maximum atomic E-state index is 14.9. The monoisotopic (exact) mass is 804 g/mol. The van der Waals surface area contributed by atoms with Gasteiger partial charge in [-0.25, -0.2) is 18.2 Å². The Morgan fingerprint density at radius 2 is 1.82 bits per heavy atom. The minimum absolute atomic E-state index is 0.0813. The van der Waals surface area contributed by atoms with Gasteiger partial charge in [0.15, 0.2) is 0 Å². The van der Waals surface area contributed by atoms with E-state index in [1.807, 2.05) is 51.1 Å². The van der Waals surface area contributed by atoms with E-state index >= 15 is 0 Å². The summed E-state index contributed by atoms with van der Waals surface area (Å²) in [6.45, 7) is 7.27. The lowest BCUT2D eigenvalue weighted by Gasteiger charge is -2.37. The number of allylic oxidation sites excluding steroid dienone is 1. The number of carbonyl (C=O) groups excluding carboxylic acids is 4. The Labute approximate surface area is 334 Å². The fourth-order valence-electron chi connectivity index (χ4n) is 8.83. The number of sulfonamides is 1. The molecule has 4 heterocycles. The number of nitrogens with zero attached hydrogens (tertiary/aromatic N) is 2. The highest BCUT2D eigenvalue weighted by atomic mass is 32.2. The highest BCUT2D eigenvalue weighted by Crippen LogP contribution is 2.52. The zero-order valence-electron chi connectivity index (χ0n) is 33.7. The van der Waals surface area contributed by atoms with E-state index in [1.165, 1.54) is 4.90 Å². The Hall–Kier alpha value is -4.40. The van der Waals surface area contributed by atoms with Crippen LogP contribution < -0.4 is 30.1 Å². The molecule has 8 rings (SSSR count). The summed E-state index contributed by atoms with van der Waals surface area (Å²) in [5.74, 6) is -0.499. The number of aryl methyl sites for hydroxylation is 1. The van der Waals surface area contributed by atoms with E-state index in [4.69, 9.17) is 14.5 Å². The van der Waals surface area contributed by atoms with Crippen molar-refractivity contribution in [2.75, 3.05) is 13.7 Å². The highest BCUT2D eigenvalue weighted by Gasteiger charge is 2.64. The van der Waals surface area contributed by atoms with E-state index in [2.05, 4.69) is 20.7 Å². The Balaban J connectivity index is 1.15. The predicted molar refractivity (Wildman–Crippen MR) is 213 cm³/mol. The molecule has 6 aliphatic rings. The molecule has 3 aliphatic carbocycles. The number of fused-ring (bicyclic) bond motifs is 5. The van der Waals surface area contributed by atoms with Gasteiger partial charge < -0.3 is 30.3 Å². The first kappa shape index (κ1) is 39.4. The van der Waals surface area contributed by atoms with Crippen LogP contribution in [0.5, 0.6) is 11.5 Å². The molecule has 5 amide bonds. The van der Waals surface area contributed by atoms with Crippen molar-refractivity contribution in [3.63, 3.8) is 0 Å². The molecule has 3 saturated carbocycles. The third-order valence-corrected chi connectivity index (χ3v) is 15.0. The van der Waals surface area contributed by atoms with Gasteiger partial charge in [0.2, 0.25) is 21.8 Å². The molecule has 15 heteroatoms. The molecular weight excluding hydrogens is 749 g/mol. The van der Waals surface area contributed by atoms with Crippen LogP contribution in [0.25, 0.3) is 10.9 Å². The van der Waals surface area contributed by atoms with Crippen LogP contribution in [0.1, 0.15) is 122 Å². The molecule has 2 aromatic rings. The van der Waals surface area contributed by atoms with Crippen LogP contribution in [-0.2, 0) is 30.8 Å². The van der Waals surface area contributed by atoms with Gasteiger partial charge in [-0.1, -0.05) is 25.0 Å². The average molecular weight is 805 g/mol. The number of hydrogen-bond acceptors (Lipinski definition) is 9. The summed E-state index contributed by atoms with van der Waals surface area (Å²) in [5, 5.41) is 9.75. The SMILES string of the molecule is COc1ccc2nc(C3CC3)c3c(c2c1)CC[C@]1(C[C@H]2C(=O)N[C@]4(C(=O)NS(=O)(=O)C5(C)CC5)C[C@@H]4/C=C\CCCCC[C@H](NC(=O)NC(C)(C)C)C(=O)N2C1)O3. The van der Waals surface area contributed by atoms with Crippen molar-refractivity contribution < 1.29 is 37.1 Å². The molecule has 1 spiro atoms. The zero-order valence-corrected chi connectivity index (χ0v) is 34.5. The third-order valence-electron chi connectivity index (χ3n) is 12.8. The predicted octanol–water partition coefficient (Wildman–Crippen LogP) is 4.65. The largest absolute Gasteiger partial charge is 0.497 e. The maximum Gasteiger partial charge on any atom is 0.315 e. The van der Waals surface area contributed by atoms with Crippen molar-refractivity contribution in [3.8, 4) is 11.5 Å². The van der Waals surface area contributed by atoms with Crippen LogP contribution in [0.4, 0.5) is 4.79 Å². The molecule has 4 fully saturated rings. The average Bonchev–Trinajstić information content (AvgIpc) is 4.08. The summed E-state index contributed by atoms with van der Waals surface area (Å²) in [7, 11) is -2.36. The highest BCUT2D eigenvalue weighted by molar-refractivity contribution is 7.91. The second-order valence-corrected chi connectivity index (χ2v) is 20.8. The normalized spacial score (nSPS) is 30.3. The number of pyridine rings is 1. The van der Waals surface area contributed by atoms with E-state index in [-0.39, 0.29) is 25.3 Å². The Morgan fingerprint density at radius 1 is 1.05 bits per heavy atom. The van der Waals surface area contributed by atoms with E-state index in [1.54, 1.807) is 14.0 Å². The second-order valence-electron chi connectivity index (χ2n) is 18.6. The van der Waals surface area contributed by atoms with Gasteiger partial charge in [-0.05, 0) is 110 Å². The first-order chi connectivity index (χ1) is 27.0. The summed E-state index contributed by atoms with van der Waals surface area (Å²) in [4.78, 5) is 63.6. The van der Waals surface area contributed by atoms with Crippen LogP contribution >= 0.6 is 0 Å². The van der Waals surface area contributed by atoms with Gasteiger partial charge in [-0.3, -0.25) is 19.1 Å². The minimum atomic E-state index is -3.98. The maximum absolute atomic E-state index is 14.9. The molecule has 0 radical (unpaired) electrons. The number of ether oxygens (including phenoxy) is 2. The number of benzene rings is 1. The van der Waals surface area contributed by atoms with Crippen molar-refractivity contribution >= 4 is 44.7 Å². The van der Waals surface area contributed by atoms with Gasteiger partial charge in [0.05, 0.1) is 29.6 Å². The lowest BCUT2D eigenvalue weighted by atomic mass is 9.86. The fraction of sp³-hybridized carbons (Fsp3) is 0.643. The van der Waals surface area contributed by atoms with Gasteiger partial charge >= 0.3 is 6.03 Å². The lowest BCUT2D eigenvalue weighted by molar-refractivity contribution is -0.141. The first-order valence-electron chi connectivity index (χ1n) is 20.6. The quantitative estimate of drug-likeness (QED) is 0.302. The Bertz CT molecular complexity index is 2140. The molecular formula is C42H56N6O8S. The summed E-state index contributed by atoms with van der Waals surface area (Å²) < 4.78 is 40.5. The van der Waals surface area contributed by atoms with Gasteiger partial charge in [-0.2, -0.15) is 0 Å². The minimum Gasteiger partial charge on any atom is -0.497 e. The molecule has 4 N–H and O–H groups in total. The van der Waals surface area contributed by atoms with E-state index < -0.39 is 73.2 Å². The van der Waals surface area contributed by atoms with E-state index in [9.17, 15) is 27.6 Å².